The van der Waals surface area contributed by atoms with Crippen molar-refractivity contribution >= 4 is 32.0 Å². The molecule has 1 aliphatic rings. The fourth-order valence-electron chi connectivity index (χ4n) is 1.97. The maximum Gasteiger partial charge on any atom is 0.276 e. The van der Waals surface area contributed by atoms with Crippen LogP contribution in [-0.2, 0) is 10.2 Å². The van der Waals surface area contributed by atoms with Crippen LogP contribution in [0.1, 0.15) is 12.8 Å². The van der Waals surface area contributed by atoms with Crippen molar-refractivity contribution in [2.75, 3.05) is 18.4 Å². The Morgan fingerprint density at radius 3 is 2.63 bits per heavy atom. The number of hydrogen-bond donors (Lipinski definition) is 2. The van der Waals surface area contributed by atoms with E-state index in [1.807, 2.05) is 0 Å². The van der Waals surface area contributed by atoms with Gasteiger partial charge in [0.25, 0.3) is 10.2 Å². The van der Waals surface area contributed by atoms with Crippen molar-refractivity contribution in [1.82, 2.24) is 9.29 Å². The molecule has 1 saturated heterocycles. The van der Waals surface area contributed by atoms with Crippen LogP contribution in [-0.4, -0.2) is 36.8 Å². The second-order valence-corrected chi connectivity index (χ2v) is 6.81. The largest absolute Gasteiger partial charge is 0.365 e. The van der Waals surface area contributed by atoms with Crippen LogP contribution in [0.4, 0.5) is 10.2 Å². The van der Waals surface area contributed by atoms with Crippen molar-refractivity contribution in [3.63, 3.8) is 0 Å². The number of pyridine rings is 1. The van der Waals surface area contributed by atoms with Gasteiger partial charge < -0.3 is 5.32 Å². The third-order valence-corrected chi connectivity index (χ3v) is 4.48. The van der Waals surface area contributed by atoms with Crippen LogP contribution >= 0.6 is 15.9 Å². The first-order valence-electron chi connectivity index (χ1n) is 5.72. The van der Waals surface area contributed by atoms with Gasteiger partial charge in [-0.1, -0.05) is 0 Å². The Kier molecular flexibility index (Phi) is 4.39. The van der Waals surface area contributed by atoms with E-state index in [1.165, 1.54) is 16.6 Å². The predicted octanol–water partition coefficient (Wildman–Crippen LogP) is 1.06. The molecule has 6 nitrogen and oxygen atoms in total. The van der Waals surface area contributed by atoms with Gasteiger partial charge in [-0.2, -0.15) is 12.7 Å². The lowest BCUT2D eigenvalue weighted by Gasteiger charge is -2.30. The Hall–Kier alpha value is -0.770. The van der Waals surface area contributed by atoms with Gasteiger partial charge in [0.15, 0.2) is 11.6 Å². The molecule has 9 heteroatoms. The van der Waals surface area contributed by atoms with Gasteiger partial charge in [-0.3, -0.25) is 0 Å². The number of hydrogen-bond acceptors (Lipinski definition) is 4. The van der Waals surface area contributed by atoms with E-state index in [-0.39, 0.29) is 11.9 Å². The Balaban J connectivity index is 1.96. The molecule has 2 rings (SSSR count). The van der Waals surface area contributed by atoms with Crippen molar-refractivity contribution in [3.05, 3.63) is 22.6 Å². The topological polar surface area (TPSA) is 88.3 Å². The second-order valence-electron chi connectivity index (χ2n) is 4.35. The molecule has 1 fully saturated rings. The SMILES string of the molecule is NS(=O)(=O)N1CCC(Nc2ncc(Br)cc2F)CC1. The van der Waals surface area contributed by atoms with Crippen molar-refractivity contribution in [3.8, 4) is 0 Å². The van der Waals surface area contributed by atoms with Gasteiger partial charge in [0.05, 0.1) is 0 Å². The minimum atomic E-state index is -3.63. The molecule has 0 atom stereocenters. The smallest absolute Gasteiger partial charge is 0.276 e. The van der Waals surface area contributed by atoms with E-state index in [1.54, 1.807) is 0 Å². The number of piperidine rings is 1. The van der Waals surface area contributed by atoms with Gasteiger partial charge in [0.2, 0.25) is 0 Å². The van der Waals surface area contributed by atoms with Crippen LogP contribution in [0.25, 0.3) is 0 Å². The lowest BCUT2D eigenvalue weighted by molar-refractivity contribution is 0.329. The van der Waals surface area contributed by atoms with Crippen LogP contribution in [0.15, 0.2) is 16.7 Å². The van der Waals surface area contributed by atoms with Crippen LogP contribution in [0.5, 0.6) is 0 Å². The minimum Gasteiger partial charge on any atom is -0.365 e. The van der Waals surface area contributed by atoms with E-state index in [2.05, 4.69) is 26.2 Å². The van der Waals surface area contributed by atoms with Crippen LogP contribution in [0, 0.1) is 5.82 Å². The molecule has 0 aliphatic carbocycles. The van der Waals surface area contributed by atoms with E-state index in [0.29, 0.717) is 30.4 Å². The molecular formula is C10H14BrFN4O2S. The molecule has 1 aromatic heterocycles. The number of anilines is 1. The van der Waals surface area contributed by atoms with Crippen molar-refractivity contribution in [1.29, 1.82) is 0 Å². The molecular weight excluding hydrogens is 339 g/mol. The number of aromatic nitrogens is 1. The minimum absolute atomic E-state index is 0.0128. The van der Waals surface area contributed by atoms with Crippen molar-refractivity contribution < 1.29 is 12.8 Å². The zero-order valence-electron chi connectivity index (χ0n) is 10.0. The van der Waals surface area contributed by atoms with E-state index in [9.17, 15) is 12.8 Å². The highest BCUT2D eigenvalue weighted by molar-refractivity contribution is 9.10. The monoisotopic (exact) mass is 352 g/mol. The molecule has 0 amide bonds. The maximum atomic E-state index is 13.6. The van der Waals surface area contributed by atoms with Crippen molar-refractivity contribution in [2.45, 2.75) is 18.9 Å². The summed E-state index contributed by atoms with van der Waals surface area (Å²) in [6.45, 7) is 0.656. The Bertz CT molecular complexity index is 561. The highest BCUT2D eigenvalue weighted by atomic mass is 79.9. The van der Waals surface area contributed by atoms with Gasteiger partial charge in [0, 0.05) is 29.8 Å². The first-order valence-corrected chi connectivity index (χ1v) is 8.01. The summed E-state index contributed by atoms with van der Waals surface area (Å²) in [4.78, 5) is 3.95. The van der Waals surface area contributed by atoms with E-state index in [0.717, 1.165) is 0 Å². The number of halogens is 2. The number of nitrogens with zero attached hydrogens (tertiary/aromatic N) is 2. The summed E-state index contributed by atoms with van der Waals surface area (Å²) in [7, 11) is -3.63. The second kappa shape index (κ2) is 5.70. The summed E-state index contributed by atoms with van der Waals surface area (Å²) in [5.41, 5.74) is 0. The summed E-state index contributed by atoms with van der Waals surface area (Å²) in [5.74, 6) is -0.263. The average Bonchev–Trinajstić information content (AvgIpc) is 2.32. The zero-order chi connectivity index (χ0) is 14.0. The molecule has 1 aromatic rings. The first-order chi connectivity index (χ1) is 8.86. The molecule has 0 aromatic carbocycles. The molecule has 1 aliphatic heterocycles. The number of nitrogens with one attached hydrogen (secondary N) is 1. The molecule has 0 bridgehead atoms. The van der Waals surface area contributed by atoms with Gasteiger partial charge in [-0.05, 0) is 34.8 Å². The molecule has 3 N–H and O–H groups in total. The van der Waals surface area contributed by atoms with E-state index < -0.39 is 16.0 Å². The fraction of sp³-hybridized carbons (Fsp3) is 0.500. The lowest BCUT2D eigenvalue weighted by atomic mass is 10.1. The summed E-state index contributed by atoms with van der Waals surface area (Å²) in [6.07, 6.45) is 2.63. The number of rotatable bonds is 3. The van der Waals surface area contributed by atoms with E-state index >= 15 is 0 Å². The Morgan fingerprint density at radius 1 is 1.47 bits per heavy atom. The highest BCUT2D eigenvalue weighted by Crippen LogP contribution is 2.20. The van der Waals surface area contributed by atoms with Crippen molar-refractivity contribution in [2.24, 2.45) is 5.14 Å². The summed E-state index contributed by atoms with van der Waals surface area (Å²) in [5, 5.41) is 8.03. The maximum absolute atomic E-state index is 13.6. The van der Waals surface area contributed by atoms with Gasteiger partial charge >= 0.3 is 0 Å². The molecule has 2 heterocycles. The van der Waals surface area contributed by atoms with Crippen LogP contribution in [0.3, 0.4) is 0 Å². The zero-order valence-corrected chi connectivity index (χ0v) is 12.4. The van der Waals surface area contributed by atoms with Crippen LogP contribution in [0.2, 0.25) is 0 Å². The molecule has 0 saturated carbocycles. The molecule has 0 spiro atoms. The summed E-state index contributed by atoms with van der Waals surface area (Å²) < 4.78 is 37.7. The van der Waals surface area contributed by atoms with Gasteiger partial charge in [-0.25, -0.2) is 14.5 Å². The van der Waals surface area contributed by atoms with E-state index in [4.69, 9.17) is 5.14 Å². The quantitative estimate of drug-likeness (QED) is 0.851. The standard InChI is InChI=1S/C10H14BrFN4O2S/c11-7-5-9(12)10(14-6-7)15-8-1-3-16(4-2-8)19(13,17)18/h5-6,8H,1-4H2,(H,14,15)(H2,13,17,18). The Morgan fingerprint density at radius 2 is 2.11 bits per heavy atom. The lowest BCUT2D eigenvalue weighted by Crippen LogP contribution is -2.45. The molecule has 0 radical (unpaired) electrons. The van der Waals surface area contributed by atoms with Crippen LogP contribution < -0.4 is 10.5 Å². The normalized spacial score (nSPS) is 18.5. The summed E-state index contributed by atoms with van der Waals surface area (Å²) in [6, 6.07) is 1.32. The third-order valence-electron chi connectivity index (χ3n) is 2.96. The van der Waals surface area contributed by atoms with Gasteiger partial charge in [-0.15, -0.1) is 0 Å². The molecule has 0 unspecified atom stereocenters. The molecule has 106 valence electrons. The van der Waals surface area contributed by atoms with Gasteiger partial charge in [0.1, 0.15) is 0 Å². The highest BCUT2D eigenvalue weighted by Gasteiger charge is 2.25. The average molecular weight is 353 g/mol. The molecule has 19 heavy (non-hydrogen) atoms. The predicted molar refractivity (Wildman–Crippen MR) is 73.2 cm³/mol. The summed E-state index contributed by atoms with van der Waals surface area (Å²) >= 11 is 3.13. The Labute approximate surface area is 119 Å². The first kappa shape index (κ1) is 14.6. The number of nitrogens with two attached hydrogens (primary N) is 1. The fourth-order valence-corrected chi connectivity index (χ4v) is 2.99. The third kappa shape index (κ3) is 3.85.